The summed E-state index contributed by atoms with van der Waals surface area (Å²) in [5.41, 5.74) is 0. The van der Waals surface area contributed by atoms with Crippen molar-refractivity contribution < 1.29 is 19.1 Å². The second kappa shape index (κ2) is 9.33. The molecule has 0 atom stereocenters. The van der Waals surface area contributed by atoms with Gasteiger partial charge in [0.15, 0.2) is 0 Å². The molecule has 0 aliphatic carbocycles. The van der Waals surface area contributed by atoms with E-state index in [0.717, 1.165) is 19.3 Å². The van der Waals surface area contributed by atoms with Crippen LogP contribution in [0.5, 0.6) is 0 Å². The van der Waals surface area contributed by atoms with E-state index in [9.17, 15) is 9.59 Å². The van der Waals surface area contributed by atoms with Gasteiger partial charge in [-0.2, -0.15) is 0 Å². The van der Waals surface area contributed by atoms with Gasteiger partial charge in [-0.15, -0.1) is 0 Å². The predicted octanol–water partition coefficient (Wildman–Crippen LogP) is 2.31. The number of unbranched alkanes of at least 4 members (excludes halogenated alkanes) is 2. The quantitative estimate of drug-likeness (QED) is 0.365. The molecule has 0 aromatic carbocycles. The van der Waals surface area contributed by atoms with Crippen LogP contribution < -0.4 is 0 Å². The molecule has 0 aliphatic rings. The van der Waals surface area contributed by atoms with Gasteiger partial charge in [0.2, 0.25) is 0 Å². The van der Waals surface area contributed by atoms with Crippen LogP contribution in [0.4, 0.5) is 0 Å². The molecule has 0 spiro atoms. The van der Waals surface area contributed by atoms with Crippen LogP contribution in [0.15, 0.2) is 0 Å². The molecule has 16 heavy (non-hydrogen) atoms. The van der Waals surface area contributed by atoms with E-state index in [1.165, 1.54) is 13.5 Å². The zero-order chi connectivity index (χ0) is 12.4. The standard InChI is InChI=1S/C12H22O4/c1-10(2)7-5-4-6-8-11(13)16-12(14)9-15-3/h10H,4-9H2,1-3H3. The second-order valence-corrected chi connectivity index (χ2v) is 4.27. The van der Waals surface area contributed by atoms with E-state index in [1.807, 2.05) is 0 Å². The largest absolute Gasteiger partial charge is 0.391 e. The first-order valence-electron chi connectivity index (χ1n) is 5.78. The highest BCUT2D eigenvalue weighted by molar-refractivity contribution is 5.85. The number of esters is 2. The first-order chi connectivity index (χ1) is 7.56. The summed E-state index contributed by atoms with van der Waals surface area (Å²) in [4.78, 5) is 22.0. The Balaban J connectivity index is 3.40. The fraction of sp³-hybridized carbons (Fsp3) is 0.833. The van der Waals surface area contributed by atoms with Crippen LogP contribution in [0.3, 0.4) is 0 Å². The van der Waals surface area contributed by atoms with Crippen molar-refractivity contribution >= 4 is 11.9 Å². The van der Waals surface area contributed by atoms with Crippen molar-refractivity contribution in [1.29, 1.82) is 0 Å². The molecule has 0 fully saturated rings. The molecule has 0 bridgehead atoms. The van der Waals surface area contributed by atoms with Crippen molar-refractivity contribution in [2.45, 2.75) is 46.0 Å². The number of hydrogen-bond donors (Lipinski definition) is 0. The minimum Gasteiger partial charge on any atom is -0.391 e. The summed E-state index contributed by atoms with van der Waals surface area (Å²) in [5.74, 6) is -0.364. The zero-order valence-corrected chi connectivity index (χ0v) is 10.5. The summed E-state index contributed by atoms with van der Waals surface area (Å²) in [6.07, 6.45) is 4.40. The molecule has 0 radical (unpaired) electrons. The molecule has 0 saturated heterocycles. The highest BCUT2D eigenvalue weighted by Crippen LogP contribution is 2.09. The molecule has 4 nitrogen and oxygen atoms in total. The number of methoxy groups -OCH3 is 1. The molecule has 0 saturated carbocycles. The maximum Gasteiger partial charge on any atom is 0.339 e. The van der Waals surface area contributed by atoms with Gasteiger partial charge < -0.3 is 9.47 Å². The third-order valence-corrected chi connectivity index (χ3v) is 2.15. The van der Waals surface area contributed by atoms with E-state index >= 15 is 0 Å². The Kier molecular flexibility index (Phi) is 8.81. The Morgan fingerprint density at radius 3 is 2.31 bits per heavy atom. The van der Waals surface area contributed by atoms with Gasteiger partial charge in [-0.05, 0) is 12.3 Å². The first kappa shape index (κ1) is 15.1. The lowest BCUT2D eigenvalue weighted by Crippen LogP contribution is -2.16. The monoisotopic (exact) mass is 230 g/mol. The minimum atomic E-state index is -0.616. The van der Waals surface area contributed by atoms with Crippen molar-refractivity contribution in [3.05, 3.63) is 0 Å². The second-order valence-electron chi connectivity index (χ2n) is 4.27. The summed E-state index contributed by atoms with van der Waals surface area (Å²) >= 11 is 0. The third kappa shape index (κ3) is 9.65. The van der Waals surface area contributed by atoms with Crippen molar-refractivity contribution in [3.63, 3.8) is 0 Å². The van der Waals surface area contributed by atoms with Crippen LogP contribution in [-0.2, 0) is 19.1 Å². The lowest BCUT2D eigenvalue weighted by Gasteiger charge is -2.04. The van der Waals surface area contributed by atoms with Gasteiger partial charge in [0.25, 0.3) is 0 Å². The van der Waals surface area contributed by atoms with Gasteiger partial charge in [-0.3, -0.25) is 4.79 Å². The molecule has 0 amide bonds. The Morgan fingerprint density at radius 1 is 1.06 bits per heavy atom. The van der Waals surface area contributed by atoms with Gasteiger partial charge >= 0.3 is 11.9 Å². The molecule has 0 heterocycles. The molecule has 4 heteroatoms. The van der Waals surface area contributed by atoms with Gasteiger partial charge in [0, 0.05) is 13.5 Å². The highest BCUT2D eigenvalue weighted by Gasteiger charge is 2.09. The van der Waals surface area contributed by atoms with Crippen molar-refractivity contribution in [1.82, 2.24) is 0 Å². The fourth-order valence-electron chi connectivity index (χ4n) is 1.32. The number of carbonyl (C=O) groups excluding carboxylic acids is 2. The van der Waals surface area contributed by atoms with Crippen LogP contribution in [0.2, 0.25) is 0 Å². The van der Waals surface area contributed by atoms with E-state index in [2.05, 4.69) is 23.3 Å². The van der Waals surface area contributed by atoms with E-state index < -0.39 is 11.9 Å². The summed E-state index contributed by atoms with van der Waals surface area (Å²) in [6, 6.07) is 0. The van der Waals surface area contributed by atoms with Crippen LogP contribution in [-0.4, -0.2) is 25.7 Å². The Hall–Kier alpha value is -0.900. The van der Waals surface area contributed by atoms with E-state index in [-0.39, 0.29) is 6.61 Å². The smallest absolute Gasteiger partial charge is 0.339 e. The summed E-state index contributed by atoms with van der Waals surface area (Å²) < 4.78 is 9.06. The third-order valence-electron chi connectivity index (χ3n) is 2.15. The van der Waals surface area contributed by atoms with Crippen LogP contribution in [0.25, 0.3) is 0 Å². The average Bonchev–Trinajstić information content (AvgIpc) is 2.16. The Morgan fingerprint density at radius 2 is 1.75 bits per heavy atom. The minimum absolute atomic E-state index is 0.168. The number of carbonyl (C=O) groups is 2. The zero-order valence-electron chi connectivity index (χ0n) is 10.5. The normalized spacial score (nSPS) is 10.5. The molecule has 94 valence electrons. The Labute approximate surface area is 97.3 Å². The van der Waals surface area contributed by atoms with Gasteiger partial charge in [-0.25, -0.2) is 4.79 Å². The lowest BCUT2D eigenvalue weighted by molar-refractivity contribution is -0.162. The number of hydrogen-bond acceptors (Lipinski definition) is 4. The molecular formula is C12H22O4. The molecular weight excluding hydrogens is 208 g/mol. The molecule has 0 N–H and O–H groups in total. The number of rotatable bonds is 8. The summed E-state index contributed by atoms with van der Waals surface area (Å²) in [5, 5.41) is 0. The average molecular weight is 230 g/mol. The van der Waals surface area contributed by atoms with Crippen molar-refractivity contribution in [2.24, 2.45) is 5.92 Å². The summed E-state index contributed by atoms with van der Waals surface area (Å²) in [7, 11) is 1.39. The maximum absolute atomic E-state index is 11.1. The molecule has 0 aliphatic heterocycles. The molecule has 0 unspecified atom stereocenters. The highest BCUT2D eigenvalue weighted by atomic mass is 16.6. The van der Waals surface area contributed by atoms with E-state index in [1.54, 1.807) is 0 Å². The summed E-state index contributed by atoms with van der Waals surface area (Å²) in [6.45, 7) is 4.19. The van der Waals surface area contributed by atoms with Crippen molar-refractivity contribution in [2.75, 3.05) is 13.7 Å². The lowest BCUT2D eigenvalue weighted by atomic mass is 10.0. The van der Waals surface area contributed by atoms with Crippen molar-refractivity contribution in [3.8, 4) is 0 Å². The van der Waals surface area contributed by atoms with Crippen LogP contribution in [0.1, 0.15) is 46.0 Å². The first-order valence-corrected chi connectivity index (χ1v) is 5.78. The van der Waals surface area contributed by atoms with Gasteiger partial charge in [-0.1, -0.05) is 33.1 Å². The molecule has 0 aromatic heterocycles. The molecule has 0 aromatic rings. The van der Waals surface area contributed by atoms with Crippen LogP contribution >= 0.6 is 0 Å². The molecule has 0 rings (SSSR count). The van der Waals surface area contributed by atoms with E-state index in [0.29, 0.717) is 12.3 Å². The van der Waals surface area contributed by atoms with Gasteiger partial charge in [0.1, 0.15) is 6.61 Å². The fourth-order valence-corrected chi connectivity index (χ4v) is 1.32. The number of ether oxygens (including phenoxy) is 2. The maximum atomic E-state index is 11.1. The predicted molar refractivity (Wildman–Crippen MR) is 60.9 cm³/mol. The Bertz CT molecular complexity index is 211. The topological polar surface area (TPSA) is 52.6 Å². The van der Waals surface area contributed by atoms with E-state index in [4.69, 9.17) is 0 Å². The van der Waals surface area contributed by atoms with Crippen LogP contribution in [0, 0.1) is 5.92 Å². The van der Waals surface area contributed by atoms with Gasteiger partial charge in [0.05, 0.1) is 0 Å². The SMILES string of the molecule is COCC(=O)OC(=O)CCCCCC(C)C.